The maximum atomic E-state index is 6.15. The van der Waals surface area contributed by atoms with Crippen molar-refractivity contribution in [2.24, 2.45) is 0 Å². The lowest BCUT2D eigenvalue weighted by Crippen LogP contribution is -1.88. The molecule has 1 heterocycles. The van der Waals surface area contributed by atoms with Gasteiger partial charge in [-0.15, -0.1) is 0 Å². The molecule has 32 heavy (non-hydrogen) atoms. The highest BCUT2D eigenvalue weighted by atomic mass is 16.3. The molecule has 174 valence electrons. The van der Waals surface area contributed by atoms with Gasteiger partial charge in [-0.2, -0.15) is 0 Å². The Morgan fingerprint density at radius 2 is 1.16 bits per heavy atom. The molecule has 0 fully saturated rings. The number of furan rings is 1. The summed E-state index contributed by atoms with van der Waals surface area (Å²) in [6.45, 7) is 2.29. The van der Waals surface area contributed by atoms with E-state index >= 15 is 0 Å². The van der Waals surface area contributed by atoms with E-state index in [9.17, 15) is 0 Å². The van der Waals surface area contributed by atoms with Crippen molar-refractivity contribution >= 4 is 11.0 Å². The molecule has 0 amide bonds. The monoisotopic (exact) mass is 432 g/mol. The van der Waals surface area contributed by atoms with Gasteiger partial charge in [-0.25, -0.2) is 0 Å². The number of benzene rings is 2. The van der Waals surface area contributed by atoms with Crippen LogP contribution in [0.15, 0.2) is 59.0 Å². The molecule has 0 saturated carbocycles. The number of hydrogen-bond donors (Lipinski definition) is 0. The van der Waals surface area contributed by atoms with E-state index in [1.165, 1.54) is 106 Å². The molecule has 0 spiro atoms. The Balaban J connectivity index is 1.25. The molecular weight excluding hydrogens is 388 g/mol. The summed E-state index contributed by atoms with van der Waals surface area (Å²) in [6, 6.07) is 19.7. The maximum absolute atomic E-state index is 6.15. The summed E-state index contributed by atoms with van der Waals surface area (Å²) in [5.74, 6) is 1.10. The van der Waals surface area contributed by atoms with E-state index in [4.69, 9.17) is 4.42 Å². The van der Waals surface area contributed by atoms with Crippen LogP contribution in [0.4, 0.5) is 0 Å². The van der Waals surface area contributed by atoms with E-state index in [1.54, 1.807) is 0 Å². The van der Waals surface area contributed by atoms with E-state index in [2.05, 4.69) is 61.5 Å². The highest BCUT2D eigenvalue weighted by molar-refractivity contribution is 5.78. The molecule has 0 bridgehead atoms. The van der Waals surface area contributed by atoms with Crippen molar-refractivity contribution in [1.82, 2.24) is 0 Å². The molecule has 3 rings (SSSR count). The third kappa shape index (κ3) is 9.23. The number of aryl methyl sites for hydroxylation is 3. The van der Waals surface area contributed by atoms with Crippen LogP contribution >= 0.6 is 0 Å². The first-order chi connectivity index (χ1) is 15.8. The van der Waals surface area contributed by atoms with Gasteiger partial charge in [0.1, 0.15) is 11.3 Å². The molecule has 0 aliphatic rings. The minimum absolute atomic E-state index is 0.965. The Labute approximate surface area is 196 Å². The second-order valence-corrected chi connectivity index (χ2v) is 9.56. The lowest BCUT2D eigenvalue weighted by Gasteiger charge is -2.04. The third-order valence-electron chi connectivity index (χ3n) is 6.71. The molecule has 3 aromatic rings. The smallest absolute Gasteiger partial charge is 0.134 e. The van der Waals surface area contributed by atoms with Gasteiger partial charge in [-0.3, -0.25) is 0 Å². The van der Waals surface area contributed by atoms with Gasteiger partial charge in [-0.05, 0) is 42.5 Å². The first-order valence-electron chi connectivity index (χ1n) is 13.4. The van der Waals surface area contributed by atoms with Gasteiger partial charge in [0.15, 0.2) is 0 Å². The van der Waals surface area contributed by atoms with Gasteiger partial charge in [0, 0.05) is 11.8 Å². The SMILES string of the molecule is CCCCCCCCCCCCCCCc1ccc2cc(CCc3ccccc3)oc2c1. The van der Waals surface area contributed by atoms with Gasteiger partial charge in [-0.1, -0.05) is 126 Å². The molecule has 0 aliphatic heterocycles. The van der Waals surface area contributed by atoms with Gasteiger partial charge < -0.3 is 4.42 Å². The van der Waals surface area contributed by atoms with Crippen LogP contribution in [0.2, 0.25) is 0 Å². The van der Waals surface area contributed by atoms with E-state index < -0.39 is 0 Å². The molecule has 0 radical (unpaired) electrons. The van der Waals surface area contributed by atoms with Gasteiger partial charge >= 0.3 is 0 Å². The minimum Gasteiger partial charge on any atom is -0.461 e. The first kappa shape index (κ1) is 24.6. The highest BCUT2D eigenvalue weighted by Gasteiger charge is 2.06. The third-order valence-corrected chi connectivity index (χ3v) is 6.71. The fourth-order valence-electron chi connectivity index (χ4n) is 4.67. The van der Waals surface area contributed by atoms with Crippen LogP contribution in [0.3, 0.4) is 0 Å². The summed E-state index contributed by atoms with van der Waals surface area (Å²) in [6.07, 6.45) is 21.5. The zero-order valence-electron chi connectivity index (χ0n) is 20.4. The Hall–Kier alpha value is -2.02. The summed E-state index contributed by atoms with van der Waals surface area (Å²) in [7, 11) is 0. The normalized spacial score (nSPS) is 11.4. The Bertz CT molecular complexity index is 861. The fraction of sp³-hybridized carbons (Fsp3) is 0.548. The molecule has 0 aliphatic carbocycles. The lowest BCUT2D eigenvalue weighted by molar-refractivity contribution is 0.539. The molecule has 0 atom stereocenters. The van der Waals surface area contributed by atoms with Crippen molar-refractivity contribution < 1.29 is 4.42 Å². The van der Waals surface area contributed by atoms with Crippen molar-refractivity contribution in [2.75, 3.05) is 0 Å². The zero-order valence-corrected chi connectivity index (χ0v) is 20.4. The van der Waals surface area contributed by atoms with Crippen molar-refractivity contribution in [2.45, 2.75) is 110 Å². The van der Waals surface area contributed by atoms with Crippen LogP contribution in [0.25, 0.3) is 11.0 Å². The number of fused-ring (bicyclic) bond motifs is 1. The topological polar surface area (TPSA) is 13.1 Å². The lowest BCUT2D eigenvalue weighted by atomic mass is 10.0. The van der Waals surface area contributed by atoms with Crippen LogP contribution < -0.4 is 0 Å². The number of unbranched alkanes of at least 4 members (excludes halogenated alkanes) is 12. The molecule has 1 heteroatoms. The van der Waals surface area contributed by atoms with Crippen molar-refractivity contribution in [3.05, 3.63) is 71.5 Å². The highest BCUT2D eigenvalue weighted by Crippen LogP contribution is 2.23. The van der Waals surface area contributed by atoms with Gasteiger partial charge in [0.25, 0.3) is 0 Å². The molecule has 1 aromatic heterocycles. The second kappa shape index (κ2) is 14.9. The molecular formula is C31H44O. The van der Waals surface area contributed by atoms with E-state index in [0.29, 0.717) is 0 Å². The summed E-state index contributed by atoms with van der Waals surface area (Å²) >= 11 is 0. The number of rotatable bonds is 17. The molecule has 1 nitrogen and oxygen atoms in total. The molecule has 0 saturated heterocycles. The van der Waals surface area contributed by atoms with Crippen molar-refractivity contribution in [3.8, 4) is 0 Å². The average Bonchev–Trinajstić information content (AvgIpc) is 3.24. The van der Waals surface area contributed by atoms with Crippen LogP contribution in [0, 0.1) is 0 Å². The van der Waals surface area contributed by atoms with Gasteiger partial charge in [0.05, 0.1) is 0 Å². The minimum atomic E-state index is 0.965. The predicted octanol–water partition coefficient (Wildman–Crippen LogP) is 9.85. The summed E-state index contributed by atoms with van der Waals surface area (Å²) < 4.78 is 6.15. The van der Waals surface area contributed by atoms with Crippen molar-refractivity contribution in [1.29, 1.82) is 0 Å². The maximum Gasteiger partial charge on any atom is 0.134 e. The zero-order chi connectivity index (χ0) is 22.3. The van der Waals surface area contributed by atoms with Crippen molar-refractivity contribution in [3.63, 3.8) is 0 Å². The number of hydrogen-bond acceptors (Lipinski definition) is 1. The van der Waals surface area contributed by atoms with Gasteiger partial charge in [0.2, 0.25) is 0 Å². The largest absolute Gasteiger partial charge is 0.461 e. The quantitative estimate of drug-likeness (QED) is 0.193. The predicted molar refractivity (Wildman–Crippen MR) is 139 cm³/mol. The average molecular weight is 433 g/mol. The second-order valence-electron chi connectivity index (χ2n) is 9.56. The fourth-order valence-corrected chi connectivity index (χ4v) is 4.67. The van der Waals surface area contributed by atoms with Crippen LogP contribution in [-0.2, 0) is 19.3 Å². The standard InChI is InChI=1S/C31H44O/c1-2-3-4-5-6-7-8-9-10-11-12-13-15-20-28-21-23-29-26-30(32-31(29)25-28)24-22-27-18-16-14-17-19-27/h14,16-19,21,23,25-26H,2-13,15,20,22,24H2,1H3. The van der Waals surface area contributed by atoms with Crippen LogP contribution in [0.1, 0.15) is 107 Å². The summed E-state index contributed by atoms with van der Waals surface area (Å²) in [5, 5.41) is 1.24. The Morgan fingerprint density at radius 1 is 0.531 bits per heavy atom. The Kier molecular flexibility index (Phi) is 11.5. The molecule has 0 N–H and O–H groups in total. The Morgan fingerprint density at radius 3 is 1.81 bits per heavy atom. The summed E-state index contributed by atoms with van der Waals surface area (Å²) in [4.78, 5) is 0. The van der Waals surface area contributed by atoms with Crippen LogP contribution in [-0.4, -0.2) is 0 Å². The van der Waals surface area contributed by atoms with E-state index in [0.717, 1.165) is 24.2 Å². The first-order valence-corrected chi connectivity index (χ1v) is 13.4. The van der Waals surface area contributed by atoms with Crippen LogP contribution in [0.5, 0.6) is 0 Å². The van der Waals surface area contributed by atoms with E-state index in [-0.39, 0.29) is 0 Å². The van der Waals surface area contributed by atoms with E-state index in [1.807, 2.05) is 0 Å². The molecule has 0 unspecified atom stereocenters. The molecule has 2 aromatic carbocycles. The summed E-state index contributed by atoms with van der Waals surface area (Å²) in [5.41, 5.74) is 3.85.